The van der Waals surface area contributed by atoms with Crippen molar-refractivity contribution in [2.75, 3.05) is 18.6 Å². The summed E-state index contributed by atoms with van der Waals surface area (Å²) < 4.78 is 18.8. The van der Waals surface area contributed by atoms with Crippen LogP contribution < -0.4 is 4.74 Å². The number of benzene rings is 1. The Kier molecular flexibility index (Phi) is 6.50. The van der Waals surface area contributed by atoms with E-state index < -0.39 is 6.10 Å². The lowest BCUT2D eigenvalue weighted by Crippen LogP contribution is -2.15. The number of rotatable bonds is 7. The van der Waals surface area contributed by atoms with Crippen molar-refractivity contribution in [3.63, 3.8) is 0 Å². The second-order valence-corrected chi connectivity index (χ2v) is 5.80. The smallest absolute Gasteiger partial charge is 0.168 e. The van der Waals surface area contributed by atoms with Crippen LogP contribution in [-0.2, 0) is 6.42 Å². The Balaban J connectivity index is 2.51. The van der Waals surface area contributed by atoms with E-state index in [1.54, 1.807) is 30.0 Å². The van der Waals surface area contributed by atoms with Crippen molar-refractivity contribution in [3.05, 3.63) is 29.6 Å². The Labute approximate surface area is 113 Å². The minimum absolute atomic E-state index is 0.231. The largest absolute Gasteiger partial charge is 0.494 e. The van der Waals surface area contributed by atoms with Crippen LogP contribution in [0.15, 0.2) is 18.2 Å². The summed E-state index contributed by atoms with van der Waals surface area (Å²) in [6.07, 6.45) is -0.191. The number of halogens is 1. The highest BCUT2D eigenvalue weighted by Gasteiger charge is 2.13. The minimum Gasteiger partial charge on any atom is -0.494 e. The van der Waals surface area contributed by atoms with Crippen molar-refractivity contribution in [1.29, 1.82) is 0 Å². The number of ether oxygens (including phenoxy) is 1. The Morgan fingerprint density at radius 1 is 1.33 bits per heavy atom. The highest BCUT2D eigenvalue weighted by atomic mass is 32.2. The summed E-state index contributed by atoms with van der Waals surface area (Å²) in [6.45, 7) is 4.28. The Bertz CT molecular complexity index is 369. The van der Waals surface area contributed by atoms with Gasteiger partial charge in [-0.25, -0.2) is 4.39 Å². The van der Waals surface area contributed by atoms with E-state index in [0.29, 0.717) is 23.7 Å². The molecule has 0 fully saturated rings. The van der Waals surface area contributed by atoms with Gasteiger partial charge in [-0.15, -0.1) is 0 Å². The molecule has 0 radical (unpaired) electrons. The van der Waals surface area contributed by atoms with Crippen molar-refractivity contribution >= 4 is 11.8 Å². The molecule has 0 bridgehead atoms. The molecule has 4 heteroatoms. The molecule has 0 amide bonds. The first-order chi connectivity index (χ1) is 8.54. The van der Waals surface area contributed by atoms with Crippen molar-refractivity contribution in [2.45, 2.75) is 26.4 Å². The molecule has 1 atom stereocenters. The highest BCUT2D eigenvalue weighted by Crippen LogP contribution is 2.21. The molecule has 2 nitrogen and oxygen atoms in total. The third kappa shape index (κ3) is 4.86. The summed E-state index contributed by atoms with van der Waals surface area (Å²) in [4.78, 5) is 0. The zero-order chi connectivity index (χ0) is 13.5. The zero-order valence-corrected chi connectivity index (χ0v) is 12.0. The molecule has 1 rings (SSSR count). The highest BCUT2D eigenvalue weighted by molar-refractivity contribution is 7.99. The molecular weight excluding hydrogens is 251 g/mol. The van der Waals surface area contributed by atoms with Crippen LogP contribution in [0.25, 0.3) is 0 Å². The van der Waals surface area contributed by atoms with Crippen LogP contribution in [0, 0.1) is 11.7 Å². The van der Waals surface area contributed by atoms with Gasteiger partial charge in [-0.3, -0.25) is 0 Å². The van der Waals surface area contributed by atoms with E-state index in [4.69, 9.17) is 4.74 Å². The van der Waals surface area contributed by atoms with Crippen molar-refractivity contribution in [1.82, 2.24) is 0 Å². The average molecular weight is 272 g/mol. The van der Waals surface area contributed by atoms with Gasteiger partial charge in [-0.2, -0.15) is 11.8 Å². The van der Waals surface area contributed by atoms with E-state index in [1.807, 2.05) is 0 Å². The van der Waals surface area contributed by atoms with Crippen LogP contribution in [0.1, 0.15) is 19.4 Å². The summed E-state index contributed by atoms with van der Waals surface area (Å²) >= 11 is 1.70. The van der Waals surface area contributed by atoms with Gasteiger partial charge in [0.2, 0.25) is 0 Å². The van der Waals surface area contributed by atoms with Crippen LogP contribution in [0.3, 0.4) is 0 Å². The van der Waals surface area contributed by atoms with Gasteiger partial charge >= 0.3 is 0 Å². The van der Waals surface area contributed by atoms with E-state index in [2.05, 4.69) is 13.8 Å². The maximum Gasteiger partial charge on any atom is 0.168 e. The van der Waals surface area contributed by atoms with Gasteiger partial charge in [-0.1, -0.05) is 26.0 Å². The molecule has 1 N–H and O–H groups in total. The summed E-state index contributed by atoms with van der Waals surface area (Å²) in [7, 11) is 1.44. The third-order valence-corrected chi connectivity index (χ3v) is 4.00. The molecule has 102 valence electrons. The van der Waals surface area contributed by atoms with Gasteiger partial charge in [0.05, 0.1) is 13.2 Å². The first-order valence-corrected chi connectivity index (χ1v) is 7.27. The molecule has 0 aliphatic heterocycles. The normalized spacial score (nSPS) is 12.8. The number of methoxy groups -OCH3 is 1. The van der Waals surface area contributed by atoms with Gasteiger partial charge in [-0.05, 0) is 23.3 Å². The monoisotopic (exact) mass is 272 g/mol. The first kappa shape index (κ1) is 15.3. The Hall–Kier alpha value is -0.740. The fourth-order valence-corrected chi connectivity index (χ4v) is 2.62. The number of aliphatic hydroxyl groups excluding tert-OH is 1. The van der Waals surface area contributed by atoms with E-state index in [9.17, 15) is 9.50 Å². The fourth-order valence-electron chi connectivity index (χ4n) is 1.62. The van der Waals surface area contributed by atoms with Crippen molar-refractivity contribution < 1.29 is 14.2 Å². The number of thioether (sulfide) groups is 1. The number of hydrogen-bond acceptors (Lipinski definition) is 3. The minimum atomic E-state index is -0.518. The fraction of sp³-hybridized carbons (Fsp3) is 0.571. The Morgan fingerprint density at radius 2 is 2.06 bits per heavy atom. The third-order valence-electron chi connectivity index (χ3n) is 2.48. The molecule has 0 aromatic heterocycles. The number of aliphatic hydroxyl groups is 1. The lowest BCUT2D eigenvalue weighted by molar-refractivity contribution is 0.198. The lowest BCUT2D eigenvalue weighted by Gasteiger charge is -2.13. The molecule has 0 heterocycles. The van der Waals surface area contributed by atoms with E-state index in [1.165, 1.54) is 7.11 Å². The first-order valence-electron chi connectivity index (χ1n) is 6.11. The Morgan fingerprint density at radius 3 is 2.67 bits per heavy atom. The summed E-state index contributed by atoms with van der Waals surface area (Å²) in [5.41, 5.74) is 0.506. The van der Waals surface area contributed by atoms with Crippen LogP contribution in [0.4, 0.5) is 4.39 Å². The maximum atomic E-state index is 13.8. The standard InChI is InChI=1S/C14H21FO2S/c1-10(2)8-18-9-12(16)7-11-5-4-6-13(17-3)14(11)15/h4-6,10,12,16H,7-9H2,1-3H3. The topological polar surface area (TPSA) is 29.5 Å². The quantitative estimate of drug-likeness (QED) is 0.827. The zero-order valence-electron chi connectivity index (χ0n) is 11.1. The van der Waals surface area contributed by atoms with E-state index in [-0.39, 0.29) is 11.6 Å². The van der Waals surface area contributed by atoms with Crippen LogP contribution in [-0.4, -0.2) is 29.8 Å². The molecule has 18 heavy (non-hydrogen) atoms. The van der Waals surface area contributed by atoms with Gasteiger partial charge in [0.25, 0.3) is 0 Å². The van der Waals surface area contributed by atoms with Gasteiger partial charge in [0, 0.05) is 12.2 Å². The van der Waals surface area contributed by atoms with Crippen LogP contribution in [0.5, 0.6) is 5.75 Å². The van der Waals surface area contributed by atoms with Gasteiger partial charge < -0.3 is 9.84 Å². The molecule has 1 unspecified atom stereocenters. The van der Waals surface area contributed by atoms with Crippen molar-refractivity contribution in [3.8, 4) is 5.75 Å². The number of hydrogen-bond donors (Lipinski definition) is 1. The predicted octanol–water partition coefficient (Wildman–Crippen LogP) is 3.13. The molecular formula is C14H21FO2S. The second kappa shape index (κ2) is 7.64. The SMILES string of the molecule is COc1cccc(CC(O)CSCC(C)C)c1F. The summed E-state index contributed by atoms with van der Waals surface area (Å²) in [6, 6.07) is 5.01. The van der Waals surface area contributed by atoms with Gasteiger partial charge in [0.15, 0.2) is 11.6 Å². The molecule has 0 spiro atoms. The van der Waals surface area contributed by atoms with Crippen LogP contribution >= 0.6 is 11.8 Å². The predicted molar refractivity (Wildman–Crippen MR) is 74.8 cm³/mol. The molecule has 0 saturated carbocycles. The second-order valence-electron chi connectivity index (χ2n) is 4.72. The molecule has 0 aliphatic rings. The molecule has 0 saturated heterocycles. The molecule has 1 aromatic rings. The van der Waals surface area contributed by atoms with Gasteiger partial charge in [0.1, 0.15) is 0 Å². The van der Waals surface area contributed by atoms with E-state index >= 15 is 0 Å². The summed E-state index contributed by atoms with van der Waals surface area (Å²) in [5, 5.41) is 9.88. The maximum absolute atomic E-state index is 13.8. The molecule has 1 aromatic carbocycles. The van der Waals surface area contributed by atoms with Crippen molar-refractivity contribution in [2.24, 2.45) is 5.92 Å². The molecule has 0 aliphatic carbocycles. The summed E-state index contributed by atoms with van der Waals surface area (Å²) in [5.74, 6) is 2.12. The average Bonchev–Trinajstić information content (AvgIpc) is 2.31. The van der Waals surface area contributed by atoms with E-state index in [0.717, 1.165) is 5.75 Å². The lowest BCUT2D eigenvalue weighted by atomic mass is 10.1. The van der Waals surface area contributed by atoms with Crippen LogP contribution in [0.2, 0.25) is 0 Å².